The van der Waals surface area contributed by atoms with Crippen LogP contribution in [-0.4, -0.2) is 9.97 Å². The van der Waals surface area contributed by atoms with E-state index in [2.05, 4.69) is 47.3 Å². The minimum Gasteiger partial charge on any atom is -0.337 e. The van der Waals surface area contributed by atoms with E-state index in [4.69, 9.17) is 11.6 Å². The largest absolute Gasteiger partial charge is 0.337 e. The van der Waals surface area contributed by atoms with Gasteiger partial charge in [-0.15, -0.1) is 11.3 Å². The van der Waals surface area contributed by atoms with Crippen LogP contribution >= 0.6 is 22.9 Å². The van der Waals surface area contributed by atoms with Crippen LogP contribution in [0.15, 0.2) is 47.8 Å². The first-order valence-corrected chi connectivity index (χ1v) is 9.32. The van der Waals surface area contributed by atoms with Crippen molar-refractivity contribution >= 4 is 44.7 Å². The van der Waals surface area contributed by atoms with E-state index in [9.17, 15) is 4.39 Å². The maximum Gasteiger partial charge on any atom is 0.225 e. The number of nitrogens with zero attached hydrogens (tertiary/aromatic N) is 2. The molecule has 6 heteroatoms. The normalized spacial score (nSPS) is 11.1. The molecule has 0 aliphatic carbocycles. The fourth-order valence-electron chi connectivity index (χ4n) is 2.82. The van der Waals surface area contributed by atoms with Crippen molar-refractivity contribution in [2.75, 3.05) is 5.32 Å². The van der Waals surface area contributed by atoms with Crippen LogP contribution in [0.4, 0.5) is 15.9 Å². The number of halogens is 2. The van der Waals surface area contributed by atoms with E-state index in [0.29, 0.717) is 11.5 Å². The SMILES string of the molecule is Cc1ccc(-c2csc3nc(Cl)nc(Nc4ccccc4F)c23)cc1C. The summed E-state index contributed by atoms with van der Waals surface area (Å²) in [6.07, 6.45) is 0. The maximum absolute atomic E-state index is 14.1. The Bertz CT molecular complexity index is 1120. The van der Waals surface area contributed by atoms with Gasteiger partial charge in [0.05, 0.1) is 11.1 Å². The van der Waals surface area contributed by atoms with Gasteiger partial charge < -0.3 is 5.32 Å². The molecule has 130 valence electrons. The molecule has 0 atom stereocenters. The fraction of sp³-hybridized carbons (Fsp3) is 0.100. The lowest BCUT2D eigenvalue weighted by Gasteiger charge is -2.10. The number of anilines is 2. The van der Waals surface area contributed by atoms with Crippen LogP contribution in [-0.2, 0) is 0 Å². The summed E-state index contributed by atoms with van der Waals surface area (Å²) in [4.78, 5) is 9.41. The molecule has 2 heterocycles. The monoisotopic (exact) mass is 383 g/mol. The van der Waals surface area contributed by atoms with Gasteiger partial charge in [-0.05, 0) is 54.3 Å². The van der Waals surface area contributed by atoms with Crippen molar-refractivity contribution in [2.45, 2.75) is 13.8 Å². The van der Waals surface area contributed by atoms with Gasteiger partial charge in [0.1, 0.15) is 16.5 Å². The predicted octanol–water partition coefficient (Wildman–Crippen LogP) is 6.51. The number of para-hydroxylation sites is 1. The smallest absolute Gasteiger partial charge is 0.225 e. The van der Waals surface area contributed by atoms with Crippen LogP contribution in [0.25, 0.3) is 21.3 Å². The number of hydrogen-bond donors (Lipinski definition) is 1. The molecule has 0 bridgehead atoms. The maximum atomic E-state index is 14.1. The third-order valence-corrected chi connectivity index (χ3v) is 5.39. The molecule has 26 heavy (non-hydrogen) atoms. The summed E-state index contributed by atoms with van der Waals surface area (Å²) in [6.45, 7) is 4.16. The van der Waals surface area contributed by atoms with Crippen LogP contribution in [0, 0.1) is 19.7 Å². The first-order valence-electron chi connectivity index (χ1n) is 8.07. The molecule has 0 spiro atoms. The van der Waals surface area contributed by atoms with Gasteiger partial charge in [-0.2, -0.15) is 4.98 Å². The zero-order valence-electron chi connectivity index (χ0n) is 14.2. The van der Waals surface area contributed by atoms with Gasteiger partial charge in [-0.3, -0.25) is 0 Å². The number of hydrogen-bond acceptors (Lipinski definition) is 4. The van der Waals surface area contributed by atoms with Crippen molar-refractivity contribution in [2.24, 2.45) is 0 Å². The van der Waals surface area contributed by atoms with E-state index in [-0.39, 0.29) is 11.1 Å². The van der Waals surface area contributed by atoms with E-state index in [1.54, 1.807) is 18.2 Å². The standard InChI is InChI=1S/C20H15ClFN3S/c1-11-7-8-13(9-12(11)2)14-10-26-19-17(14)18(24-20(21)25-19)23-16-6-4-3-5-15(16)22/h3-10H,1-2H3,(H,23,24,25). The van der Waals surface area contributed by atoms with E-state index >= 15 is 0 Å². The van der Waals surface area contributed by atoms with Gasteiger partial charge in [0, 0.05) is 10.9 Å². The lowest BCUT2D eigenvalue weighted by molar-refractivity contribution is 0.632. The molecule has 2 aromatic heterocycles. The molecule has 0 radical (unpaired) electrons. The van der Waals surface area contributed by atoms with E-state index in [1.807, 2.05) is 5.38 Å². The summed E-state index contributed by atoms with van der Waals surface area (Å²) < 4.78 is 14.1. The van der Waals surface area contributed by atoms with Gasteiger partial charge >= 0.3 is 0 Å². The molecular formula is C20H15ClFN3S. The highest BCUT2D eigenvalue weighted by molar-refractivity contribution is 7.17. The Balaban J connectivity index is 1.91. The average molecular weight is 384 g/mol. The minimum atomic E-state index is -0.349. The Morgan fingerprint density at radius 3 is 2.62 bits per heavy atom. The van der Waals surface area contributed by atoms with Crippen molar-refractivity contribution in [3.8, 4) is 11.1 Å². The molecule has 0 amide bonds. The van der Waals surface area contributed by atoms with Crippen molar-refractivity contribution in [3.05, 3.63) is 70.1 Å². The van der Waals surface area contributed by atoms with Crippen molar-refractivity contribution in [1.29, 1.82) is 0 Å². The lowest BCUT2D eigenvalue weighted by Crippen LogP contribution is -1.98. The lowest BCUT2D eigenvalue weighted by atomic mass is 10.0. The molecule has 0 saturated heterocycles. The molecule has 4 aromatic rings. The van der Waals surface area contributed by atoms with Crippen LogP contribution in [0.5, 0.6) is 0 Å². The molecule has 4 rings (SSSR count). The van der Waals surface area contributed by atoms with Crippen molar-refractivity contribution < 1.29 is 4.39 Å². The number of thiophene rings is 1. The Labute approximate surface area is 159 Å². The Kier molecular flexibility index (Phi) is 4.34. The zero-order valence-corrected chi connectivity index (χ0v) is 15.7. The highest BCUT2D eigenvalue weighted by Gasteiger charge is 2.16. The van der Waals surface area contributed by atoms with Gasteiger partial charge in [0.25, 0.3) is 0 Å². The molecule has 3 nitrogen and oxygen atoms in total. The average Bonchev–Trinajstić information content (AvgIpc) is 3.03. The highest BCUT2D eigenvalue weighted by Crippen LogP contribution is 2.39. The molecule has 0 saturated carbocycles. The quantitative estimate of drug-likeness (QED) is 0.410. The summed E-state index contributed by atoms with van der Waals surface area (Å²) in [7, 11) is 0. The van der Waals surface area contributed by atoms with Gasteiger partial charge in [-0.1, -0.05) is 30.3 Å². The van der Waals surface area contributed by atoms with E-state index in [0.717, 1.165) is 21.3 Å². The molecular weight excluding hydrogens is 369 g/mol. The third-order valence-electron chi connectivity index (χ3n) is 4.35. The number of benzene rings is 2. The zero-order chi connectivity index (χ0) is 18.3. The van der Waals surface area contributed by atoms with Gasteiger partial charge in [0.15, 0.2) is 0 Å². The highest BCUT2D eigenvalue weighted by atomic mass is 35.5. The van der Waals surface area contributed by atoms with Gasteiger partial charge in [0.2, 0.25) is 5.28 Å². The second kappa shape index (κ2) is 6.67. The molecule has 0 unspecified atom stereocenters. The molecule has 2 aromatic carbocycles. The number of nitrogens with one attached hydrogen (secondary N) is 1. The first-order chi connectivity index (χ1) is 12.5. The van der Waals surface area contributed by atoms with Crippen LogP contribution in [0.1, 0.15) is 11.1 Å². The molecule has 1 N–H and O–H groups in total. The van der Waals surface area contributed by atoms with Crippen molar-refractivity contribution in [3.63, 3.8) is 0 Å². The summed E-state index contributed by atoms with van der Waals surface area (Å²) in [6, 6.07) is 12.8. The van der Waals surface area contributed by atoms with E-state index in [1.165, 1.54) is 28.5 Å². The second-order valence-corrected chi connectivity index (χ2v) is 7.27. The molecule has 0 aliphatic rings. The summed E-state index contributed by atoms with van der Waals surface area (Å²) >= 11 is 7.57. The topological polar surface area (TPSA) is 37.8 Å². The van der Waals surface area contributed by atoms with Gasteiger partial charge in [-0.25, -0.2) is 9.37 Å². The number of aromatic nitrogens is 2. The minimum absolute atomic E-state index is 0.129. The summed E-state index contributed by atoms with van der Waals surface area (Å²) in [5.41, 5.74) is 4.86. The van der Waals surface area contributed by atoms with E-state index < -0.39 is 0 Å². The Hall–Kier alpha value is -2.50. The van der Waals surface area contributed by atoms with Crippen LogP contribution in [0.2, 0.25) is 5.28 Å². The van der Waals surface area contributed by atoms with Crippen LogP contribution < -0.4 is 5.32 Å². The Morgan fingerprint density at radius 1 is 1.04 bits per heavy atom. The third kappa shape index (κ3) is 3.04. The van der Waals surface area contributed by atoms with Crippen LogP contribution in [0.3, 0.4) is 0 Å². The second-order valence-electron chi connectivity index (χ2n) is 6.07. The molecule has 0 fully saturated rings. The first kappa shape index (κ1) is 16.9. The number of aryl methyl sites for hydroxylation is 2. The van der Waals surface area contributed by atoms with Crippen molar-refractivity contribution in [1.82, 2.24) is 9.97 Å². The summed E-state index contributed by atoms with van der Waals surface area (Å²) in [5.74, 6) is 0.151. The Morgan fingerprint density at radius 2 is 1.85 bits per heavy atom. The number of rotatable bonds is 3. The number of fused-ring (bicyclic) bond motifs is 1. The fourth-order valence-corrected chi connectivity index (χ4v) is 3.98. The predicted molar refractivity (Wildman–Crippen MR) is 107 cm³/mol. The molecule has 0 aliphatic heterocycles. The summed E-state index contributed by atoms with van der Waals surface area (Å²) in [5, 5.41) is 6.08.